The highest BCUT2D eigenvalue weighted by Crippen LogP contribution is 2.29. The minimum absolute atomic E-state index is 0.0171. The molecule has 0 radical (unpaired) electrons. The predicted octanol–water partition coefficient (Wildman–Crippen LogP) is 3.02. The number of benzene rings is 2. The predicted molar refractivity (Wildman–Crippen MR) is 91.5 cm³/mol. The van der Waals surface area contributed by atoms with Gasteiger partial charge in [0.1, 0.15) is 11.5 Å². The molecule has 3 N–H and O–H groups in total. The van der Waals surface area contributed by atoms with Gasteiger partial charge in [-0.3, -0.25) is 0 Å². The number of hydrogen-bond donors (Lipinski definition) is 3. The van der Waals surface area contributed by atoms with Crippen LogP contribution in [0, 0.1) is 0 Å². The van der Waals surface area contributed by atoms with E-state index in [1.165, 1.54) is 32.4 Å². The number of carboxylic acids is 1. The van der Waals surface area contributed by atoms with E-state index in [0.717, 1.165) is 0 Å². The van der Waals surface area contributed by atoms with Crippen LogP contribution in [0.2, 0.25) is 0 Å². The summed E-state index contributed by atoms with van der Waals surface area (Å²) in [5.74, 6) is -0.142. The van der Waals surface area contributed by atoms with E-state index in [4.69, 9.17) is 19.3 Å². The van der Waals surface area contributed by atoms with Crippen LogP contribution in [-0.2, 0) is 4.74 Å². The zero-order chi connectivity index (χ0) is 18.2. The van der Waals surface area contributed by atoms with Crippen molar-refractivity contribution in [3.8, 4) is 11.5 Å². The van der Waals surface area contributed by atoms with Gasteiger partial charge in [0.15, 0.2) is 6.79 Å². The van der Waals surface area contributed by atoms with Gasteiger partial charge >= 0.3 is 12.0 Å². The number of aromatic carboxylic acids is 1. The number of ether oxygens (including phenoxy) is 3. The summed E-state index contributed by atoms with van der Waals surface area (Å²) in [5, 5.41) is 14.2. The smallest absolute Gasteiger partial charge is 0.335 e. The SMILES string of the molecule is COCOc1ccc(OC)cc1NC(=O)Nc1cccc(C(=O)O)c1. The summed E-state index contributed by atoms with van der Waals surface area (Å²) in [7, 11) is 2.99. The van der Waals surface area contributed by atoms with Crippen LogP contribution < -0.4 is 20.1 Å². The van der Waals surface area contributed by atoms with Crippen LogP contribution in [0.5, 0.6) is 11.5 Å². The van der Waals surface area contributed by atoms with Crippen molar-refractivity contribution in [3.63, 3.8) is 0 Å². The van der Waals surface area contributed by atoms with E-state index < -0.39 is 12.0 Å². The first kappa shape index (κ1) is 18.1. The summed E-state index contributed by atoms with van der Waals surface area (Å²) in [6, 6.07) is 10.3. The third-order valence-electron chi connectivity index (χ3n) is 3.13. The first-order chi connectivity index (χ1) is 12.0. The number of hydrogen-bond acceptors (Lipinski definition) is 5. The van der Waals surface area contributed by atoms with Crippen molar-refractivity contribution in [3.05, 3.63) is 48.0 Å². The molecule has 0 unspecified atom stereocenters. The van der Waals surface area contributed by atoms with Crippen molar-refractivity contribution in [2.45, 2.75) is 0 Å². The van der Waals surface area contributed by atoms with E-state index in [1.807, 2.05) is 0 Å². The average Bonchev–Trinajstić information content (AvgIpc) is 2.60. The molecule has 2 rings (SSSR count). The number of carboxylic acid groups (broad SMARTS) is 1. The Labute approximate surface area is 144 Å². The lowest BCUT2D eigenvalue weighted by molar-refractivity contribution is 0.0516. The van der Waals surface area contributed by atoms with Gasteiger partial charge in [0.25, 0.3) is 0 Å². The minimum atomic E-state index is -1.08. The van der Waals surface area contributed by atoms with Gasteiger partial charge in [0.2, 0.25) is 0 Å². The fourth-order valence-corrected chi connectivity index (χ4v) is 2.00. The van der Waals surface area contributed by atoms with E-state index in [0.29, 0.717) is 22.9 Å². The molecule has 0 saturated heterocycles. The van der Waals surface area contributed by atoms with E-state index in [2.05, 4.69) is 10.6 Å². The molecule has 0 fully saturated rings. The highest BCUT2D eigenvalue weighted by molar-refractivity contribution is 6.01. The lowest BCUT2D eigenvalue weighted by atomic mass is 10.2. The second-order valence-corrected chi connectivity index (χ2v) is 4.88. The van der Waals surface area contributed by atoms with Crippen LogP contribution in [0.3, 0.4) is 0 Å². The van der Waals surface area contributed by atoms with Gasteiger partial charge in [-0.25, -0.2) is 9.59 Å². The Morgan fingerprint density at radius 2 is 1.88 bits per heavy atom. The third-order valence-corrected chi connectivity index (χ3v) is 3.13. The van der Waals surface area contributed by atoms with Gasteiger partial charge < -0.3 is 30.0 Å². The van der Waals surface area contributed by atoms with E-state index in [9.17, 15) is 9.59 Å². The summed E-state index contributed by atoms with van der Waals surface area (Å²) in [6.45, 7) is 0.0171. The Hall–Kier alpha value is -3.26. The van der Waals surface area contributed by atoms with Crippen molar-refractivity contribution >= 4 is 23.4 Å². The van der Waals surface area contributed by atoms with Crippen molar-refractivity contribution in [1.82, 2.24) is 0 Å². The van der Waals surface area contributed by atoms with Gasteiger partial charge in [-0.1, -0.05) is 6.07 Å². The number of amides is 2. The lowest BCUT2D eigenvalue weighted by Gasteiger charge is -2.14. The van der Waals surface area contributed by atoms with Crippen LogP contribution >= 0.6 is 0 Å². The fraction of sp³-hybridized carbons (Fsp3) is 0.176. The van der Waals surface area contributed by atoms with Crippen molar-refractivity contribution < 1.29 is 28.9 Å². The molecule has 132 valence electrons. The topological polar surface area (TPSA) is 106 Å². The molecule has 0 atom stereocenters. The minimum Gasteiger partial charge on any atom is -0.497 e. The zero-order valence-electron chi connectivity index (χ0n) is 13.7. The van der Waals surface area contributed by atoms with Crippen molar-refractivity contribution in [2.75, 3.05) is 31.6 Å². The maximum atomic E-state index is 12.2. The molecule has 8 nitrogen and oxygen atoms in total. The fourth-order valence-electron chi connectivity index (χ4n) is 2.00. The Morgan fingerprint density at radius 1 is 1.08 bits per heavy atom. The number of carbonyl (C=O) groups excluding carboxylic acids is 1. The van der Waals surface area contributed by atoms with E-state index in [-0.39, 0.29) is 12.4 Å². The first-order valence-corrected chi connectivity index (χ1v) is 7.24. The van der Waals surface area contributed by atoms with Gasteiger partial charge in [0, 0.05) is 18.9 Å². The maximum Gasteiger partial charge on any atom is 0.335 e. The number of anilines is 2. The number of carbonyl (C=O) groups is 2. The Kier molecular flexibility index (Phi) is 6.19. The quantitative estimate of drug-likeness (QED) is 0.666. The monoisotopic (exact) mass is 346 g/mol. The molecule has 0 spiro atoms. The highest BCUT2D eigenvalue weighted by atomic mass is 16.7. The molecule has 0 saturated carbocycles. The highest BCUT2D eigenvalue weighted by Gasteiger charge is 2.11. The molecule has 0 heterocycles. The first-order valence-electron chi connectivity index (χ1n) is 7.24. The number of methoxy groups -OCH3 is 2. The van der Waals surface area contributed by atoms with Gasteiger partial charge in [0.05, 0.1) is 18.4 Å². The van der Waals surface area contributed by atoms with Gasteiger partial charge in [-0.15, -0.1) is 0 Å². The zero-order valence-corrected chi connectivity index (χ0v) is 13.7. The second kappa shape index (κ2) is 8.55. The summed E-state index contributed by atoms with van der Waals surface area (Å²) >= 11 is 0. The average molecular weight is 346 g/mol. The molecule has 8 heteroatoms. The van der Waals surface area contributed by atoms with E-state index in [1.54, 1.807) is 24.3 Å². The molecule has 0 bridgehead atoms. The third kappa shape index (κ3) is 5.11. The number of urea groups is 1. The number of nitrogens with one attached hydrogen (secondary N) is 2. The Bertz CT molecular complexity index is 763. The van der Waals surface area contributed by atoms with Crippen LogP contribution in [0.15, 0.2) is 42.5 Å². The molecule has 0 aromatic heterocycles. The second-order valence-electron chi connectivity index (χ2n) is 4.88. The van der Waals surface area contributed by atoms with E-state index >= 15 is 0 Å². The molecule has 2 amide bonds. The van der Waals surface area contributed by atoms with Crippen LogP contribution in [0.4, 0.5) is 16.2 Å². The Balaban J connectivity index is 2.13. The van der Waals surface area contributed by atoms with Gasteiger partial charge in [-0.05, 0) is 30.3 Å². The molecule has 0 aliphatic carbocycles. The molecule has 25 heavy (non-hydrogen) atoms. The van der Waals surface area contributed by atoms with Crippen LogP contribution in [0.25, 0.3) is 0 Å². The molecular weight excluding hydrogens is 328 g/mol. The lowest BCUT2D eigenvalue weighted by Crippen LogP contribution is -2.20. The Morgan fingerprint density at radius 3 is 2.56 bits per heavy atom. The maximum absolute atomic E-state index is 12.2. The summed E-state index contributed by atoms with van der Waals surface area (Å²) in [4.78, 5) is 23.2. The summed E-state index contributed by atoms with van der Waals surface area (Å²) in [6.07, 6.45) is 0. The largest absolute Gasteiger partial charge is 0.497 e. The molecule has 2 aromatic carbocycles. The summed E-state index contributed by atoms with van der Waals surface area (Å²) in [5.41, 5.74) is 0.797. The standard InChI is InChI=1S/C17H18N2O6/c1-23-10-25-15-7-6-13(24-2)9-14(15)19-17(22)18-12-5-3-4-11(8-12)16(20)21/h3-9H,10H2,1-2H3,(H,20,21)(H2,18,19,22). The van der Waals surface area contributed by atoms with Crippen LogP contribution in [-0.4, -0.2) is 38.1 Å². The van der Waals surface area contributed by atoms with Gasteiger partial charge in [-0.2, -0.15) is 0 Å². The van der Waals surface area contributed by atoms with Crippen molar-refractivity contribution in [2.24, 2.45) is 0 Å². The van der Waals surface area contributed by atoms with Crippen LogP contribution in [0.1, 0.15) is 10.4 Å². The molecule has 0 aliphatic rings. The molecule has 0 aliphatic heterocycles. The summed E-state index contributed by atoms with van der Waals surface area (Å²) < 4.78 is 15.4. The normalized spacial score (nSPS) is 10.0. The number of rotatable bonds is 7. The molecule has 2 aromatic rings. The molecular formula is C17H18N2O6. The van der Waals surface area contributed by atoms with Crippen molar-refractivity contribution in [1.29, 1.82) is 0 Å².